The second-order valence-corrected chi connectivity index (χ2v) is 7.48. The lowest BCUT2D eigenvalue weighted by Crippen LogP contribution is -2.22. The van der Waals surface area contributed by atoms with Crippen LogP contribution in [0.4, 0.5) is 0 Å². The number of imidazole rings is 1. The van der Waals surface area contributed by atoms with Gasteiger partial charge < -0.3 is 9.47 Å². The topological polar surface area (TPSA) is 52.8 Å². The van der Waals surface area contributed by atoms with Crippen LogP contribution >= 0.6 is 11.3 Å². The molecule has 0 saturated heterocycles. The van der Waals surface area contributed by atoms with Gasteiger partial charge in [0.1, 0.15) is 6.61 Å². The van der Waals surface area contributed by atoms with Crippen LogP contribution in [0.2, 0.25) is 0 Å². The predicted molar refractivity (Wildman–Crippen MR) is 112 cm³/mol. The molecule has 5 nitrogen and oxygen atoms in total. The Balaban J connectivity index is 1.84. The van der Waals surface area contributed by atoms with Crippen molar-refractivity contribution in [2.45, 2.75) is 13.8 Å². The maximum atomic E-state index is 13.0. The maximum absolute atomic E-state index is 13.0. The molecule has 0 unspecified atom stereocenters. The van der Waals surface area contributed by atoms with E-state index >= 15 is 0 Å². The van der Waals surface area contributed by atoms with Gasteiger partial charge in [-0.25, -0.2) is 9.38 Å². The average Bonchev–Trinajstić information content (AvgIpc) is 3.17. The maximum Gasteiger partial charge on any atom is 0.274 e. The first-order chi connectivity index (χ1) is 13.5. The second kappa shape index (κ2) is 7.02. The van der Waals surface area contributed by atoms with Crippen LogP contribution < -0.4 is 19.6 Å². The van der Waals surface area contributed by atoms with Crippen LogP contribution in [-0.2, 0) is 0 Å². The predicted octanol–water partition coefficient (Wildman–Crippen LogP) is 3.09. The van der Waals surface area contributed by atoms with Gasteiger partial charge in [0, 0.05) is 0 Å². The van der Waals surface area contributed by atoms with E-state index < -0.39 is 0 Å². The third-order valence-electron chi connectivity index (χ3n) is 4.65. The van der Waals surface area contributed by atoms with E-state index in [9.17, 15) is 4.79 Å². The Hall–Kier alpha value is -3.30. The van der Waals surface area contributed by atoms with Crippen molar-refractivity contribution in [1.29, 1.82) is 0 Å². The number of methoxy groups -OCH3 is 1. The van der Waals surface area contributed by atoms with E-state index in [0.717, 1.165) is 27.7 Å². The van der Waals surface area contributed by atoms with Crippen molar-refractivity contribution < 1.29 is 9.47 Å². The summed E-state index contributed by atoms with van der Waals surface area (Å²) in [4.78, 5) is 18.3. The molecule has 0 aliphatic carbocycles. The minimum absolute atomic E-state index is 0.0719. The number of terminal acetylenes is 1. The average molecular weight is 390 g/mol. The summed E-state index contributed by atoms with van der Waals surface area (Å²) in [7, 11) is 1.57. The van der Waals surface area contributed by atoms with Gasteiger partial charge in [-0.3, -0.25) is 4.79 Å². The lowest BCUT2D eigenvalue weighted by molar-refractivity contribution is 0.331. The van der Waals surface area contributed by atoms with Crippen molar-refractivity contribution in [2.75, 3.05) is 13.7 Å². The fraction of sp³-hybridized carbons (Fsp3) is 0.182. The fourth-order valence-corrected chi connectivity index (χ4v) is 4.07. The van der Waals surface area contributed by atoms with E-state index in [1.165, 1.54) is 11.3 Å². The first-order valence-corrected chi connectivity index (χ1v) is 9.51. The van der Waals surface area contributed by atoms with Crippen LogP contribution in [-0.4, -0.2) is 23.1 Å². The van der Waals surface area contributed by atoms with Gasteiger partial charge in [0.25, 0.3) is 5.56 Å². The minimum Gasteiger partial charge on any atom is -0.493 e. The van der Waals surface area contributed by atoms with E-state index in [0.29, 0.717) is 21.0 Å². The van der Waals surface area contributed by atoms with Crippen molar-refractivity contribution in [1.82, 2.24) is 9.38 Å². The molecule has 0 radical (unpaired) electrons. The van der Waals surface area contributed by atoms with Crippen LogP contribution in [0.3, 0.4) is 0 Å². The number of benzene rings is 2. The summed E-state index contributed by atoms with van der Waals surface area (Å²) in [6, 6.07) is 9.50. The Labute approximate surface area is 165 Å². The molecule has 2 heterocycles. The standard InChI is InChI=1S/C22H18N2O3S/c1-5-8-27-18-7-6-15(11-19(18)26-4)12-20-21(25)24-17-10-14(3)13(2)9-16(17)23-22(24)28-20/h1,6-7,9-12H,8H2,2-4H3/b20-12-. The lowest BCUT2D eigenvalue weighted by atomic mass is 10.1. The number of thiazole rings is 1. The zero-order chi connectivity index (χ0) is 19.8. The van der Waals surface area contributed by atoms with E-state index in [1.807, 2.05) is 44.2 Å². The highest BCUT2D eigenvalue weighted by Crippen LogP contribution is 2.28. The normalized spacial score (nSPS) is 11.9. The summed E-state index contributed by atoms with van der Waals surface area (Å²) in [6.45, 7) is 4.25. The summed E-state index contributed by atoms with van der Waals surface area (Å²) in [5.41, 5.74) is 4.75. The molecule has 6 heteroatoms. The molecule has 0 fully saturated rings. The molecule has 0 amide bonds. The summed E-state index contributed by atoms with van der Waals surface area (Å²) >= 11 is 1.37. The third kappa shape index (κ3) is 3.00. The molecule has 0 atom stereocenters. The number of hydrogen-bond acceptors (Lipinski definition) is 5. The molecule has 0 spiro atoms. The fourth-order valence-electron chi connectivity index (χ4n) is 3.08. The molecule has 0 N–H and O–H groups in total. The van der Waals surface area contributed by atoms with Crippen molar-refractivity contribution in [3.05, 3.63) is 61.9 Å². The number of nitrogens with zero attached hydrogens (tertiary/aromatic N) is 2. The Morgan fingerprint density at radius 3 is 2.75 bits per heavy atom. The summed E-state index contributed by atoms with van der Waals surface area (Å²) in [6.07, 6.45) is 7.07. The van der Waals surface area contributed by atoms with Crippen LogP contribution in [0.25, 0.3) is 22.1 Å². The number of ether oxygens (including phenoxy) is 2. The zero-order valence-electron chi connectivity index (χ0n) is 15.8. The van der Waals surface area contributed by atoms with Gasteiger partial charge in [0.15, 0.2) is 16.5 Å². The van der Waals surface area contributed by atoms with Gasteiger partial charge in [-0.05, 0) is 60.9 Å². The highest BCUT2D eigenvalue weighted by Gasteiger charge is 2.12. The van der Waals surface area contributed by atoms with Gasteiger partial charge in [0.2, 0.25) is 0 Å². The molecule has 4 aromatic rings. The number of aryl methyl sites for hydroxylation is 2. The Morgan fingerprint density at radius 2 is 2.00 bits per heavy atom. The van der Waals surface area contributed by atoms with E-state index in [1.54, 1.807) is 17.6 Å². The number of aromatic nitrogens is 2. The number of fused-ring (bicyclic) bond motifs is 3. The number of hydrogen-bond donors (Lipinski definition) is 0. The van der Waals surface area contributed by atoms with E-state index in [-0.39, 0.29) is 12.2 Å². The van der Waals surface area contributed by atoms with Crippen LogP contribution in [0.5, 0.6) is 11.5 Å². The summed E-state index contributed by atoms with van der Waals surface area (Å²) < 4.78 is 13.1. The van der Waals surface area contributed by atoms with Gasteiger partial charge >= 0.3 is 0 Å². The molecule has 0 bridgehead atoms. The van der Waals surface area contributed by atoms with Crippen LogP contribution in [0.1, 0.15) is 16.7 Å². The van der Waals surface area contributed by atoms with E-state index in [2.05, 4.69) is 10.9 Å². The molecule has 2 aromatic heterocycles. The molecule has 28 heavy (non-hydrogen) atoms. The second-order valence-electron chi connectivity index (χ2n) is 6.47. The molecule has 0 aliphatic heterocycles. The minimum atomic E-state index is -0.0719. The van der Waals surface area contributed by atoms with Crippen molar-refractivity contribution in [2.24, 2.45) is 0 Å². The number of rotatable bonds is 4. The highest BCUT2D eigenvalue weighted by molar-refractivity contribution is 7.15. The summed E-state index contributed by atoms with van der Waals surface area (Å²) in [5.74, 6) is 3.56. The molecule has 4 rings (SSSR count). The third-order valence-corrected chi connectivity index (χ3v) is 5.62. The largest absolute Gasteiger partial charge is 0.493 e. The highest BCUT2D eigenvalue weighted by atomic mass is 32.1. The van der Waals surface area contributed by atoms with Crippen molar-refractivity contribution in [3.8, 4) is 23.8 Å². The van der Waals surface area contributed by atoms with Gasteiger partial charge in [-0.15, -0.1) is 6.42 Å². The SMILES string of the molecule is C#CCOc1ccc(/C=c2\sc3nc4cc(C)c(C)cc4n3c2=O)cc1OC. The Kier molecular flexibility index (Phi) is 4.54. The smallest absolute Gasteiger partial charge is 0.274 e. The lowest BCUT2D eigenvalue weighted by Gasteiger charge is -2.09. The summed E-state index contributed by atoms with van der Waals surface area (Å²) in [5, 5.41) is 0. The molecule has 0 aliphatic rings. The molecule has 0 saturated carbocycles. The Morgan fingerprint density at radius 1 is 1.21 bits per heavy atom. The monoisotopic (exact) mass is 390 g/mol. The van der Waals surface area contributed by atoms with Crippen LogP contribution in [0, 0.1) is 26.2 Å². The molecule has 2 aromatic carbocycles. The quantitative estimate of drug-likeness (QED) is 0.503. The molecular formula is C22H18N2O3S. The van der Waals surface area contributed by atoms with Gasteiger partial charge in [-0.2, -0.15) is 0 Å². The van der Waals surface area contributed by atoms with Gasteiger partial charge in [0.05, 0.1) is 22.7 Å². The Bertz CT molecular complexity index is 1360. The molecular weight excluding hydrogens is 372 g/mol. The molecule has 140 valence electrons. The first kappa shape index (κ1) is 18.1. The van der Waals surface area contributed by atoms with Gasteiger partial charge in [-0.1, -0.05) is 23.3 Å². The van der Waals surface area contributed by atoms with Crippen LogP contribution in [0.15, 0.2) is 35.1 Å². The van der Waals surface area contributed by atoms with Crippen molar-refractivity contribution >= 4 is 33.4 Å². The van der Waals surface area contributed by atoms with E-state index in [4.69, 9.17) is 15.9 Å². The first-order valence-electron chi connectivity index (χ1n) is 8.70. The zero-order valence-corrected chi connectivity index (χ0v) is 16.6. The van der Waals surface area contributed by atoms with Crippen molar-refractivity contribution in [3.63, 3.8) is 0 Å².